The van der Waals surface area contributed by atoms with Gasteiger partial charge >= 0.3 is 0 Å². The maximum absolute atomic E-state index is 12.4. The van der Waals surface area contributed by atoms with Crippen molar-refractivity contribution in [3.05, 3.63) is 29.3 Å². The highest BCUT2D eigenvalue weighted by Gasteiger charge is 2.22. The molecule has 0 unspecified atom stereocenters. The molecule has 1 aliphatic rings. The van der Waals surface area contributed by atoms with Crippen LogP contribution in [0.25, 0.3) is 11.5 Å². The van der Waals surface area contributed by atoms with Crippen molar-refractivity contribution in [1.82, 2.24) is 20.0 Å². The number of hydrogen-bond acceptors (Lipinski definition) is 8. The fourth-order valence-electron chi connectivity index (χ4n) is 2.71. The lowest BCUT2D eigenvalue weighted by Crippen LogP contribution is -2.50. The summed E-state index contributed by atoms with van der Waals surface area (Å²) in [5, 5.41) is 8.93. The Balaban J connectivity index is 1.44. The lowest BCUT2D eigenvalue weighted by Gasteiger charge is -2.34. The van der Waals surface area contributed by atoms with Gasteiger partial charge in [0, 0.05) is 49.6 Å². The summed E-state index contributed by atoms with van der Waals surface area (Å²) < 4.78 is 28.1. The summed E-state index contributed by atoms with van der Waals surface area (Å²) in [6.07, 6.45) is 1.24. The molecule has 0 bridgehead atoms. The molecule has 1 amide bonds. The number of carbonyl (C=O) groups excluding carboxylic acids is 1. The summed E-state index contributed by atoms with van der Waals surface area (Å²) in [7, 11) is -2.97. The van der Waals surface area contributed by atoms with Gasteiger partial charge < -0.3 is 9.32 Å². The van der Waals surface area contributed by atoms with Gasteiger partial charge in [-0.15, -0.1) is 10.2 Å². The molecule has 8 nitrogen and oxygen atoms in total. The van der Waals surface area contributed by atoms with Gasteiger partial charge in [0.15, 0.2) is 0 Å². The first-order valence-electron chi connectivity index (χ1n) is 8.70. The van der Waals surface area contributed by atoms with E-state index in [1.807, 2.05) is 0 Å². The third-order valence-corrected chi connectivity index (χ3v) is 6.30. The van der Waals surface area contributed by atoms with Crippen molar-refractivity contribution in [2.24, 2.45) is 0 Å². The zero-order valence-electron chi connectivity index (χ0n) is 15.4. The van der Waals surface area contributed by atoms with Crippen LogP contribution in [0.4, 0.5) is 0 Å². The zero-order chi connectivity index (χ0) is 20.1. The topological polar surface area (TPSA) is 96.6 Å². The third-order valence-electron chi connectivity index (χ3n) is 4.32. The van der Waals surface area contributed by atoms with Gasteiger partial charge in [0.2, 0.25) is 11.8 Å². The van der Waals surface area contributed by atoms with E-state index in [4.69, 9.17) is 16.0 Å². The predicted molar refractivity (Wildman–Crippen MR) is 108 cm³/mol. The van der Waals surface area contributed by atoms with Gasteiger partial charge in [-0.05, 0) is 24.3 Å². The molecule has 3 rings (SSSR count). The minimum atomic E-state index is -2.97. The lowest BCUT2D eigenvalue weighted by molar-refractivity contribution is -0.130. The molecule has 1 aliphatic heterocycles. The Kier molecular flexibility index (Phi) is 6.97. The van der Waals surface area contributed by atoms with E-state index in [2.05, 4.69) is 15.1 Å². The second-order valence-corrected chi connectivity index (χ2v) is 10.1. The van der Waals surface area contributed by atoms with Gasteiger partial charge in [0.1, 0.15) is 9.84 Å². The SMILES string of the molecule is CS(=O)(=O)CCN1CCN(C(=O)CSc2nnc(-c3ccc(Cl)cc3)o2)CC1. The molecule has 0 spiro atoms. The van der Waals surface area contributed by atoms with Crippen LogP contribution in [0.1, 0.15) is 0 Å². The number of rotatable bonds is 7. The molecule has 1 aromatic carbocycles. The van der Waals surface area contributed by atoms with Gasteiger partial charge in [0.05, 0.1) is 11.5 Å². The number of carbonyl (C=O) groups is 1. The van der Waals surface area contributed by atoms with Crippen molar-refractivity contribution in [3.63, 3.8) is 0 Å². The summed E-state index contributed by atoms with van der Waals surface area (Å²) in [6, 6.07) is 7.07. The van der Waals surface area contributed by atoms with Crippen LogP contribution in [0.15, 0.2) is 33.9 Å². The lowest BCUT2D eigenvalue weighted by atomic mass is 10.2. The number of aromatic nitrogens is 2. The van der Waals surface area contributed by atoms with E-state index >= 15 is 0 Å². The average molecular weight is 445 g/mol. The summed E-state index contributed by atoms with van der Waals surface area (Å²) in [4.78, 5) is 16.2. The maximum atomic E-state index is 12.4. The molecule has 0 saturated carbocycles. The van der Waals surface area contributed by atoms with Crippen LogP contribution in [0, 0.1) is 0 Å². The molecular formula is C17H21ClN4O4S2. The zero-order valence-corrected chi connectivity index (χ0v) is 17.8. The van der Waals surface area contributed by atoms with Crippen molar-refractivity contribution < 1.29 is 17.6 Å². The highest BCUT2D eigenvalue weighted by Crippen LogP contribution is 2.24. The number of benzene rings is 1. The van der Waals surface area contributed by atoms with Gasteiger partial charge in [-0.25, -0.2) is 8.42 Å². The van der Waals surface area contributed by atoms with Crippen molar-refractivity contribution >= 4 is 39.1 Å². The standard InChI is InChI=1S/C17H21ClN4O4S2/c1-28(24,25)11-10-21-6-8-22(9-7-21)15(23)12-27-17-20-19-16(26-17)13-2-4-14(18)5-3-13/h2-5H,6-12H2,1H3. The van der Waals surface area contributed by atoms with Crippen LogP contribution in [0.3, 0.4) is 0 Å². The number of hydrogen-bond donors (Lipinski definition) is 0. The van der Waals surface area contributed by atoms with Crippen LogP contribution >= 0.6 is 23.4 Å². The largest absolute Gasteiger partial charge is 0.411 e. The first-order chi connectivity index (χ1) is 13.3. The van der Waals surface area contributed by atoms with Crippen LogP contribution in [0.5, 0.6) is 0 Å². The van der Waals surface area contributed by atoms with Crippen molar-refractivity contribution in [1.29, 1.82) is 0 Å². The molecule has 28 heavy (non-hydrogen) atoms. The van der Waals surface area contributed by atoms with E-state index in [1.54, 1.807) is 29.2 Å². The Hall–Kier alpha value is -1.62. The molecule has 1 aromatic heterocycles. The smallest absolute Gasteiger partial charge is 0.277 e. The Labute approximate surface area is 173 Å². The Morgan fingerprint density at radius 3 is 2.50 bits per heavy atom. The molecule has 2 heterocycles. The normalized spacial score (nSPS) is 15.7. The van der Waals surface area contributed by atoms with Crippen molar-refractivity contribution in [3.8, 4) is 11.5 Å². The minimum absolute atomic E-state index is 0.000920. The fraction of sp³-hybridized carbons (Fsp3) is 0.471. The van der Waals surface area contributed by atoms with E-state index < -0.39 is 9.84 Å². The Morgan fingerprint density at radius 2 is 1.86 bits per heavy atom. The molecule has 0 atom stereocenters. The molecule has 0 radical (unpaired) electrons. The van der Waals surface area contributed by atoms with Crippen molar-refractivity contribution in [2.45, 2.75) is 5.22 Å². The monoisotopic (exact) mass is 444 g/mol. The minimum Gasteiger partial charge on any atom is -0.411 e. The molecule has 11 heteroatoms. The van der Waals surface area contributed by atoms with Crippen LogP contribution in [-0.2, 0) is 14.6 Å². The van der Waals surface area contributed by atoms with Crippen molar-refractivity contribution in [2.75, 3.05) is 50.5 Å². The summed E-state index contributed by atoms with van der Waals surface area (Å²) in [5.74, 6) is 0.736. The third kappa shape index (κ3) is 6.20. The fourth-order valence-corrected chi connectivity index (χ4v) is 4.09. The maximum Gasteiger partial charge on any atom is 0.277 e. The average Bonchev–Trinajstić information content (AvgIpc) is 3.14. The van der Waals surface area contributed by atoms with Gasteiger partial charge in [-0.3, -0.25) is 9.69 Å². The number of thioether (sulfide) groups is 1. The molecule has 1 fully saturated rings. The number of nitrogens with zero attached hydrogens (tertiary/aromatic N) is 4. The molecule has 0 N–H and O–H groups in total. The van der Waals surface area contributed by atoms with Gasteiger partial charge in [-0.1, -0.05) is 23.4 Å². The van der Waals surface area contributed by atoms with E-state index in [0.29, 0.717) is 48.9 Å². The van der Waals surface area contributed by atoms with Gasteiger partial charge in [-0.2, -0.15) is 0 Å². The predicted octanol–water partition coefficient (Wildman–Crippen LogP) is 1.67. The van der Waals surface area contributed by atoms with Crippen LogP contribution in [0.2, 0.25) is 5.02 Å². The molecular weight excluding hydrogens is 424 g/mol. The van der Waals surface area contributed by atoms with Crippen LogP contribution in [-0.4, -0.2) is 84.8 Å². The molecule has 0 aliphatic carbocycles. The quantitative estimate of drug-likeness (QED) is 0.595. The molecule has 2 aromatic rings. The molecule has 152 valence electrons. The highest BCUT2D eigenvalue weighted by molar-refractivity contribution is 7.99. The van der Waals surface area contributed by atoms with E-state index in [-0.39, 0.29) is 17.4 Å². The number of halogens is 1. The second kappa shape index (κ2) is 9.25. The second-order valence-electron chi connectivity index (χ2n) is 6.52. The van der Waals surface area contributed by atoms with E-state index in [1.165, 1.54) is 18.0 Å². The summed E-state index contributed by atoms with van der Waals surface area (Å²) in [6.45, 7) is 3.03. The summed E-state index contributed by atoms with van der Waals surface area (Å²) >= 11 is 7.07. The Bertz CT molecular complexity index is 909. The highest BCUT2D eigenvalue weighted by atomic mass is 35.5. The summed E-state index contributed by atoms with van der Waals surface area (Å²) in [5.41, 5.74) is 0.764. The first-order valence-corrected chi connectivity index (χ1v) is 12.1. The van der Waals surface area contributed by atoms with E-state index in [0.717, 1.165) is 5.56 Å². The van der Waals surface area contributed by atoms with E-state index in [9.17, 15) is 13.2 Å². The Morgan fingerprint density at radius 1 is 1.18 bits per heavy atom. The van der Waals surface area contributed by atoms with Gasteiger partial charge in [0.25, 0.3) is 5.22 Å². The first kappa shape index (κ1) is 21.1. The number of sulfone groups is 1. The van der Waals surface area contributed by atoms with Crippen LogP contribution < -0.4 is 0 Å². The number of piperazine rings is 1. The number of amides is 1. The molecule has 1 saturated heterocycles.